The predicted octanol–water partition coefficient (Wildman–Crippen LogP) is 4.99. The minimum Gasteiger partial charge on any atom is -0.490 e. The summed E-state index contributed by atoms with van der Waals surface area (Å²) >= 11 is 5.90. The van der Waals surface area contributed by atoms with Crippen molar-refractivity contribution in [1.82, 2.24) is 5.32 Å². The molecule has 0 heterocycles. The second kappa shape index (κ2) is 8.21. The highest BCUT2D eigenvalue weighted by Crippen LogP contribution is 2.24. The van der Waals surface area contributed by atoms with E-state index in [9.17, 15) is 9.18 Å². The van der Waals surface area contributed by atoms with E-state index >= 15 is 0 Å². The maximum Gasteiger partial charge on any atom is 0.319 e. The number of carbonyl (C=O) groups is 1. The van der Waals surface area contributed by atoms with Crippen LogP contribution in [0, 0.1) is 5.82 Å². The Morgan fingerprint density at radius 3 is 2.48 bits per heavy atom. The molecule has 2 N–H and O–H groups in total. The first-order chi connectivity index (χ1) is 12.1. The molecule has 0 unspecified atom stereocenters. The number of urea groups is 1. The summed E-state index contributed by atoms with van der Waals surface area (Å²) in [6.45, 7) is 0. The van der Waals surface area contributed by atoms with E-state index in [1.807, 2.05) is 0 Å². The highest BCUT2D eigenvalue weighted by atomic mass is 35.5. The van der Waals surface area contributed by atoms with E-state index in [-0.39, 0.29) is 24.0 Å². The molecule has 1 fully saturated rings. The lowest BCUT2D eigenvalue weighted by molar-refractivity contribution is 0.141. The average Bonchev–Trinajstić information content (AvgIpc) is 2.59. The molecule has 0 radical (unpaired) electrons. The van der Waals surface area contributed by atoms with Crippen LogP contribution in [-0.4, -0.2) is 18.2 Å². The van der Waals surface area contributed by atoms with E-state index in [0.717, 1.165) is 25.7 Å². The maximum absolute atomic E-state index is 12.9. The molecule has 0 saturated heterocycles. The predicted molar refractivity (Wildman–Crippen MR) is 96.7 cm³/mol. The fourth-order valence-corrected chi connectivity index (χ4v) is 3.14. The molecule has 3 rings (SSSR count). The Morgan fingerprint density at radius 1 is 1.08 bits per heavy atom. The van der Waals surface area contributed by atoms with E-state index < -0.39 is 0 Å². The van der Waals surface area contributed by atoms with Crippen molar-refractivity contribution in [1.29, 1.82) is 0 Å². The minimum atomic E-state index is -0.272. The van der Waals surface area contributed by atoms with Crippen molar-refractivity contribution in [3.63, 3.8) is 0 Å². The van der Waals surface area contributed by atoms with Gasteiger partial charge in [-0.3, -0.25) is 0 Å². The number of amides is 2. The molecule has 2 aromatic rings. The lowest BCUT2D eigenvalue weighted by Gasteiger charge is -2.29. The molecule has 6 heteroatoms. The van der Waals surface area contributed by atoms with Gasteiger partial charge in [0.1, 0.15) is 11.6 Å². The molecule has 4 nitrogen and oxygen atoms in total. The summed E-state index contributed by atoms with van der Waals surface area (Å²) < 4.78 is 18.8. The second-order valence-electron chi connectivity index (χ2n) is 6.15. The Labute approximate surface area is 151 Å². The van der Waals surface area contributed by atoms with Gasteiger partial charge in [0.05, 0.1) is 6.10 Å². The number of hydrogen-bond donors (Lipinski definition) is 2. The van der Waals surface area contributed by atoms with Gasteiger partial charge in [-0.05, 0) is 68.1 Å². The Bertz CT molecular complexity index is 716. The quantitative estimate of drug-likeness (QED) is 0.804. The number of halogens is 2. The first-order valence-electron chi connectivity index (χ1n) is 8.34. The summed E-state index contributed by atoms with van der Waals surface area (Å²) in [5.74, 6) is 0.405. The Hall–Kier alpha value is -2.27. The zero-order valence-corrected chi connectivity index (χ0v) is 14.4. The molecule has 0 atom stereocenters. The largest absolute Gasteiger partial charge is 0.490 e. The van der Waals surface area contributed by atoms with Crippen molar-refractivity contribution in [2.45, 2.75) is 37.8 Å². The van der Waals surface area contributed by atoms with Crippen molar-refractivity contribution in [2.24, 2.45) is 0 Å². The zero-order valence-electron chi connectivity index (χ0n) is 13.7. The number of benzene rings is 2. The van der Waals surface area contributed by atoms with Crippen LogP contribution < -0.4 is 15.4 Å². The molecule has 0 bridgehead atoms. The molecule has 1 saturated carbocycles. The third-order valence-corrected chi connectivity index (χ3v) is 4.44. The van der Waals surface area contributed by atoms with Crippen LogP contribution in [0.4, 0.5) is 14.9 Å². The maximum atomic E-state index is 12.9. The normalized spacial score (nSPS) is 19.9. The molecule has 0 spiro atoms. The molecule has 1 aliphatic carbocycles. The van der Waals surface area contributed by atoms with Gasteiger partial charge in [0.2, 0.25) is 0 Å². The molecule has 0 aliphatic heterocycles. The topological polar surface area (TPSA) is 50.4 Å². The van der Waals surface area contributed by atoms with Crippen LogP contribution in [0.25, 0.3) is 0 Å². The van der Waals surface area contributed by atoms with Gasteiger partial charge in [-0.2, -0.15) is 0 Å². The third kappa shape index (κ3) is 5.36. The lowest BCUT2D eigenvalue weighted by Crippen LogP contribution is -2.41. The van der Waals surface area contributed by atoms with Gasteiger partial charge in [0, 0.05) is 16.8 Å². The third-order valence-electron chi connectivity index (χ3n) is 4.21. The number of rotatable bonds is 4. The van der Waals surface area contributed by atoms with Crippen LogP contribution in [0.1, 0.15) is 25.7 Å². The summed E-state index contributed by atoms with van der Waals surface area (Å²) in [5, 5.41) is 6.35. The van der Waals surface area contributed by atoms with Gasteiger partial charge in [-0.1, -0.05) is 17.7 Å². The van der Waals surface area contributed by atoms with Gasteiger partial charge in [0.15, 0.2) is 0 Å². The Morgan fingerprint density at radius 2 is 1.80 bits per heavy atom. The van der Waals surface area contributed by atoms with E-state index in [4.69, 9.17) is 16.3 Å². The van der Waals surface area contributed by atoms with Crippen molar-refractivity contribution >= 4 is 23.3 Å². The SMILES string of the molecule is O=C(Nc1cccc(Cl)c1)N[C@H]1CC[C@@H](Oc2ccc(F)cc2)CC1. The number of carbonyl (C=O) groups excluding carboxylic acids is 1. The summed E-state index contributed by atoms with van der Waals surface area (Å²) in [5.41, 5.74) is 0.665. The summed E-state index contributed by atoms with van der Waals surface area (Å²) in [4.78, 5) is 12.1. The Balaban J connectivity index is 1.42. The number of nitrogens with one attached hydrogen (secondary N) is 2. The van der Waals surface area contributed by atoms with E-state index in [1.165, 1.54) is 12.1 Å². The van der Waals surface area contributed by atoms with E-state index in [2.05, 4.69) is 10.6 Å². The van der Waals surface area contributed by atoms with Gasteiger partial charge in [-0.25, -0.2) is 9.18 Å². The molecule has 25 heavy (non-hydrogen) atoms. The Kier molecular flexibility index (Phi) is 5.76. The zero-order chi connectivity index (χ0) is 17.6. The van der Waals surface area contributed by atoms with Crippen molar-refractivity contribution in [3.8, 4) is 5.75 Å². The first-order valence-corrected chi connectivity index (χ1v) is 8.71. The van der Waals surface area contributed by atoms with Gasteiger partial charge < -0.3 is 15.4 Å². The number of hydrogen-bond acceptors (Lipinski definition) is 2. The highest BCUT2D eigenvalue weighted by Gasteiger charge is 2.23. The molecular weight excluding hydrogens is 343 g/mol. The molecule has 0 aromatic heterocycles. The second-order valence-corrected chi connectivity index (χ2v) is 6.59. The fraction of sp³-hybridized carbons (Fsp3) is 0.316. The van der Waals surface area contributed by atoms with Crippen LogP contribution in [0.2, 0.25) is 5.02 Å². The van der Waals surface area contributed by atoms with Crippen LogP contribution in [0.5, 0.6) is 5.75 Å². The molecule has 1 aliphatic rings. The standard InChI is InChI=1S/C19H20ClFN2O2/c20-13-2-1-3-16(12-13)23-19(24)22-15-6-10-18(11-7-15)25-17-8-4-14(21)5-9-17/h1-5,8-9,12,15,18H,6-7,10-11H2,(H2,22,23,24)/t15-,18+. The molecule has 2 aromatic carbocycles. The summed E-state index contributed by atoms with van der Waals surface area (Å²) in [7, 11) is 0. The molecule has 2 amide bonds. The van der Waals surface area contributed by atoms with Crippen LogP contribution in [0.15, 0.2) is 48.5 Å². The summed E-state index contributed by atoms with van der Waals surface area (Å²) in [6.07, 6.45) is 3.47. The van der Waals surface area contributed by atoms with E-state index in [0.29, 0.717) is 16.5 Å². The van der Waals surface area contributed by atoms with Crippen molar-refractivity contribution in [2.75, 3.05) is 5.32 Å². The minimum absolute atomic E-state index is 0.0968. The van der Waals surface area contributed by atoms with Crippen LogP contribution in [0.3, 0.4) is 0 Å². The average molecular weight is 363 g/mol. The first kappa shape index (κ1) is 17.5. The fourth-order valence-electron chi connectivity index (χ4n) is 2.95. The highest BCUT2D eigenvalue weighted by molar-refractivity contribution is 6.30. The number of anilines is 1. The monoisotopic (exact) mass is 362 g/mol. The number of ether oxygens (including phenoxy) is 1. The van der Waals surface area contributed by atoms with Crippen molar-refractivity contribution < 1.29 is 13.9 Å². The van der Waals surface area contributed by atoms with Gasteiger partial charge >= 0.3 is 6.03 Å². The summed E-state index contributed by atoms with van der Waals surface area (Å²) in [6, 6.07) is 13.0. The molecular formula is C19H20ClFN2O2. The van der Waals surface area contributed by atoms with E-state index in [1.54, 1.807) is 36.4 Å². The molecule has 132 valence electrons. The van der Waals surface area contributed by atoms with Crippen LogP contribution in [-0.2, 0) is 0 Å². The van der Waals surface area contributed by atoms with Crippen molar-refractivity contribution in [3.05, 3.63) is 59.4 Å². The lowest BCUT2D eigenvalue weighted by atomic mass is 9.93. The van der Waals surface area contributed by atoms with Gasteiger partial charge in [0.25, 0.3) is 0 Å². The van der Waals surface area contributed by atoms with Crippen LogP contribution >= 0.6 is 11.6 Å². The van der Waals surface area contributed by atoms with Gasteiger partial charge in [-0.15, -0.1) is 0 Å². The smallest absolute Gasteiger partial charge is 0.319 e.